The molecule has 0 atom stereocenters. The Balaban J connectivity index is 1.52. The maximum absolute atomic E-state index is 12.9. The molecule has 4 rings (SSSR count). The normalized spacial score (nSPS) is 14.4. The third-order valence-corrected chi connectivity index (χ3v) is 5.94. The maximum atomic E-state index is 12.9. The van der Waals surface area contributed by atoms with E-state index in [-0.39, 0.29) is 36.0 Å². The Morgan fingerprint density at radius 2 is 1.89 bits per heavy atom. The molecule has 2 aromatic heterocycles. The first-order valence-corrected chi connectivity index (χ1v) is 12.7. The van der Waals surface area contributed by atoms with Crippen molar-refractivity contribution in [3.8, 4) is 22.9 Å². The lowest BCUT2D eigenvalue weighted by atomic mass is 10.1. The quantitative estimate of drug-likeness (QED) is 0.301. The molecule has 0 saturated carbocycles. The van der Waals surface area contributed by atoms with Crippen molar-refractivity contribution in [2.24, 2.45) is 0 Å². The van der Waals surface area contributed by atoms with E-state index in [0.29, 0.717) is 43.0 Å². The summed E-state index contributed by atoms with van der Waals surface area (Å²) in [5.41, 5.74) is 1.44. The first-order valence-electron chi connectivity index (χ1n) is 11.1. The van der Waals surface area contributed by atoms with Gasteiger partial charge in [-0.3, -0.25) is 29.3 Å². The SMILES string of the molecule is O=Cc1c(OCc2cccnc2-c2ccnn2C(=O)CCN2CCOCC2)cccc1OP(=O)(O)O. The van der Waals surface area contributed by atoms with Gasteiger partial charge in [-0.25, -0.2) is 4.57 Å². The largest absolute Gasteiger partial charge is 0.524 e. The number of morpholine rings is 1. The molecule has 0 bridgehead atoms. The van der Waals surface area contributed by atoms with Crippen molar-refractivity contribution in [2.75, 3.05) is 32.8 Å². The summed E-state index contributed by atoms with van der Waals surface area (Å²) in [6.07, 6.45) is 3.78. The van der Waals surface area contributed by atoms with Crippen LogP contribution in [-0.2, 0) is 15.9 Å². The van der Waals surface area contributed by atoms with Gasteiger partial charge in [0.2, 0.25) is 5.91 Å². The fraction of sp³-hybridized carbons (Fsp3) is 0.304. The van der Waals surface area contributed by atoms with Crippen LogP contribution in [0.2, 0.25) is 0 Å². The molecule has 0 radical (unpaired) electrons. The number of carbonyl (C=O) groups is 2. The fourth-order valence-corrected chi connectivity index (χ4v) is 4.20. The maximum Gasteiger partial charge on any atom is 0.524 e. The highest BCUT2D eigenvalue weighted by molar-refractivity contribution is 7.46. The summed E-state index contributed by atoms with van der Waals surface area (Å²) in [7, 11) is -4.87. The molecule has 1 aliphatic heterocycles. The van der Waals surface area contributed by atoms with Crippen LogP contribution in [0.3, 0.4) is 0 Å². The molecule has 0 amide bonds. The standard InChI is InChI=1S/C23H25N4O8P/c28-15-18-20(4-1-5-21(18)35-36(30,31)32)34-16-17-3-2-8-24-23(17)19-6-9-25-27(19)22(29)7-10-26-11-13-33-14-12-26/h1-6,8-9,15H,7,10-14,16H2,(H2,30,31,32). The molecule has 0 spiro atoms. The number of nitrogens with zero attached hydrogens (tertiary/aromatic N) is 4. The lowest BCUT2D eigenvalue weighted by Gasteiger charge is -2.26. The number of benzene rings is 1. The highest BCUT2D eigenvalue weighted by Gasteiger charge is 2.22. The summed E-state index contributed by atoms with van der Waals surface area (Å²) in [6, 6.07) is 9.33. The van der Waals surface area contributed by atoms with E-state index in [4.69, 9.17) is 19.3 Å². The average molecular weight is 516 g/mol. The Morgan fingerprint density at radius 3 is 2.64 bits per heavy atom. The monoisotopic (exact) mass is 516 g/mol. The van der Waals surface area contributed by atoms with Gasteiger partial charge < -0.3 is 14.0 Å². The molecule has 1 fully saturated rings. The number of rotatable bonds is 10. The summed E-state index contributed by atoms with van der Waals surface area (Å²) < 4.78 is 28.3. The molecule has 1 saturated heterocycles. The van der Waals surface area contributed by atoms with Crippen molar-refractivity contribution in [1.82, 2.24) is 19.7 Å². The average Bonchev–Trinajstić information content (AvgIpc) is 3.36. The summed E-state index contributed by atoms with van der Waals surface area (Å²) >= 11 is 0. The first kappa shape index (κ1) is 25.7. The molecule has 2 N–H and O–H groups in total. The molecule has 13 heteroatoms. The number of carbonyl (C=O) groups excluding carboxylic acids is 2. The van der Waals surface area contributed by atoms with Crippen molar-refractivity contribution >= 4 is 20.0 Å². The number of pyridine rings is 1. The lowest BCUT2D eigenvalue weighted by Crippen LogP contribution is -2.38. The molecule has 3 aromatic rings. The second kappa shape index (κ2) is 11.5. The van der Waals surface area contributed by atoms with Crippen molar-refractivity contribution in [2.45, 2.75) is 13.0 Å². The Hall–Kier alpha value is -3.41. The summed E-state index contributed by atoms with van der Waals surface area (Å²) in [5.74, 6) is -0.406. The van der Waals surface area contributed by atoms with Crippen LogP contribution in [0.5, 0.6) is 11.5 Å². The van der Waals surface area contributed by atoms with Crippen LogP contribution in [0.25, 0.3) is 11.4 Å². The Labute approximate surface area is 206 Å². The van der Waals surface area contributed by atoms with Crippen LogP contribution in [0.4, 0.5) is 0 Å². The Morgan fingerprint density at radius 1 is 1.11 bits per heavy atom. The van der Waals surface area contributed by atoms with E-state index in [1.54, 1.807) is 24.4 Å². The Bertz CT molecular complexity index is 1270. The van der Waals surface area contributed by atoms with Gasteiger partial charge in [0.15, 0.2) is 6.29 Å². The zero-order valence-corrected chi connectivity index (χ0v) is 20.1. The topological polar surface area (TPSA) is 153 Å². The number of aldehydes is 1. The van der Waals surface area contributed by atoms with Gasteiger partial charge in [-0.1, -0.05) is 12.1 Å². The number of phosphoric acid groups is 1. The van der Waals surface area contributed by atoms with E-state index in [0.717, 1.165) is 13.1 Å². The number of aromatic nitrogens is 3. The van der Waals surface area contributed by atoms with E-state index in [1.807, 2.05) is 0 Å². The van der Waals surface area contributed by atoms with Crippen molar-refractivity contribution in [1.29, 1.82) is 0 Å². The molecule has 3 heterocycles. The van der Waals surface area contributed by atoms with Gasteiger partial charge in [0.1, 0.15) is 18.1 Å². The van der Waals surface area contributed by atoms with E-state index in [1.165, 1.54) is 29.1 Å². The van der Waals surface area contributed by atoms with Crippen LogP contribution >= 0.6 is 7.82 Å². The number of hydrogen-bond donors (Lipinski definition) is 2. The zero-order chi connectivity index (χ0) is 25.5. The number of hydrogen-bond acceptors (Lipinski definition) is 9. The molecule has 190 valence electrons. The third-order valence-electron chi connectivity index (χ3n) is 5.50. The van der Waals surface area contributed by atoms with Crippen LogP contribution in [0.15, 0.2) is 48.8 Å². The van der Waals surface area contributed by atoms with Gasteiger partial charge in [0.05, 0.1) is 36.4 Å². The van der Waals surface area contributed by atoms with Gasteiger partial charge in [0.25, 0.3) is 0 Å². The first-order chi connectivity index (χ1) is 17.4. The Kier molecular flexibility index (Phi) is 8.24. The molecule has 1 aromatic carbocycles. The molecule has 1 aliphatic rings. The minimum absolute atomic E-state index is 0.0451. The second-order valence-corrected chi connectivity index (χ2v) is 9.06. The predicted molar refractivity (Wildman–Crippen MR) is 127 cm³/mol. The van der Waals surface area contributed by atoms with Crippen LogP contribution in [-0.4, -0.2) is 74.5 Å². The smallest absolute Gasteiger partial charge is 0.488 e. The van der Waals surface area contributed by atoms with Gasteiger partial charge in [0, 0.05) is 37.8 Å². The summed E-state index contributed by atoms with van der Waals surface area (Å²) in [5, 5.41) is 4.20. The van der Waals surface area contributed by atoms with Gasteiger partial charge >= 0.3 is 7.82 Å². The minimum atomic E-state index is -4.87. The van der Waals surface area contributed by atoms with E-state index < -0.39 is 7.82 Å². The van der Waals surface area contributed by atoms with Gasteiger partial charge in [-0.2, -0.15) is 9.78 Å². The lowest BCUT2D eigenvalue weighted by molar-refractivity contribution is 0.0362. The van der Waals surface area contributed by atoms with Crippen LogP contribution in [0, 0.1) is 0 Å². The van der Waals surface area contributed by atoms with Gasteiger partial charge in [-0.15, -0.1) is 0 Å². The zero-order valence-electron chi connectivity index (χ0n) is 19.2. The summed E-state index contributed by atoms with van der Waals surface area (Å²) in [6.45, 7) is 3.42. The fourth-order valence-electron chi connectivity index (χ4n) is 3.78. The van der Waals surface area contributed by atoms with Crippen LogP contribution in [0.1, 0.15) is 27.1 Å². The van der Waals surface area contributed by atoms with Crippen molar-refractivity contribution < 1.29 is 37.9 Å². The number of ether oxygens (including phenoxy) is 2. The van der Waals surface area contributed by atoms with E-state index >= 15 is 0 Å². The second-order valence-electron chi connectivity index (χ2n) is 7.89. The predicted octanol–water partition coefficient (Wildman–Crippen LogP) is 2.17. The van der Waals surface area contributed by atoms with Crippen molar-refractivity contribution in [3.05, 3.63) is 59.9 Å². The minimum Gasteiger partial charge on any atom is -0.488 e. The molecule has 0 aliphatic carbocycles. The molecular formula is C23H25N4O8P. The van der Waals surface area contributed by atoms with E-state index in [9.17, 15) is 14.2 Å². The molecule has 36 heavy (non-hydrogen) atoms. The third kappa shape index (κ3) is 6.42. The molecule has 12 nitrogen and oxygen atoms in total. The number of phosphoric ester groups is 1. The molecular weight excluding hydrogens is 491 g/mol. The highest BCUT2D eigenvalue weighted by atomic mass is 31.2. The van der Waals surface area contributed by atoms with E-state index in [2.05, 4.69) is 19.5 Å². The summed E-state index contributed by atoms with van der Waals surface area (Å²) in [4.78, 5) is 49.3. The van der Waals surface area contributed by atoms with Gasteiger partial charge in [-0.05, 0) is 24.3 Å². The van der Waals surface area contributed by atoms with Crippen LogP contribution < -0.4 is 9.26 Å². The highest BCUT2D eigenvalue weighted by Crippen LogP contribution is 2.41. The molecule has 0 unspecified atom stereocenters. The van der Waals surface area contributed by atoms with Crippen molar-refractivity contribution in [3.63, 3.8) is 0 Å².